The molecule has 9 heteroatoms. The Bertz CT molecular complexity index is 1290. The number of ether oxygens (including phenoxy) is 2. The molecule has 2 aliphatic heterocycles. The van der Waals surface area contributed by atoms with Crippen LogP contribution in [0, 0.1) is 5.41 Å². The molecule has 1 saturated carbocycles. The maximum Gasteiger partial charge on any atom is 0.350 e. The minimum absolute atomic E-state index is 0.103. The van der Waals surface area contributed by atoms with Crippen molar-refractivity contribution in [2.45, 2.75) is 63.1 Å². The first-order valence-electron chi connectivity index (χ1n) is 13.6. The molecular weight excluding hydrogens is 500 g/mol. The Hall–Kier alpha value is -3.27. The number of dihydropyridines is 1. The number of esters is 1. The number of ketones is 2. The zero-order valence-electron chi connectivity index (χ0n) is 22.3. The Labute approximate surface area is 227 Å². The van der Waals surface area contributed by atoms with Gasteiger partial charge in [0.2, 0.25) is 5.78 Å². The number of carbonyl (C=O) groups is 3. The number of nitrogens with two attached hydrogens (primary N) is 1. The fourth-order valence-electron chi connectivity index (χ4n) is 6.73. The van der Waals surface area contributed by atoms with Gasteiger partial charge in [0.15, 0.2) is 11.4 Å². The van der Waals surface area contributed by atoms with E-state index in [4.69, 9.17) is 15.2 Å². The summed E-state index contributed by atoms with van der Waals surface area (Å²) in [5.41, 5.74) is 4.93. The van der Waals surface area contributed by atoms with Crippen molar-refractivity contribution in [3.8, 4) is 0 Å². The molecule has 0 aromatic heterocycles. The normalized spacial score (nSPS) is 27.8. The number of hydrogen-bond donors (Lipinski definition) is 4. The first-order chi connectivity index (χ1) is 18.7. The van der Waals surface area contributed by atoms with Gasteiger partial charge in [0.1, 0.15) is 6.61 Å². The number of allylic oxidation sites excluding steroid dienone is 3. The topological polar surface area (TPSA) is 151 Å². The second kappa shape index (κ2) is 10.4. The molecule has 2 fully saturated rings. The van der Waals surface area contributed by atoms with Crippen LogP contribution in [0.4, 0.5) is 0 Å². The Kier molecular flexibility index (Phi) is 7.26. The molecule has 9 nitrogen and oxygen atoms in total. The number of carbonyl (C=O) groups excluding carboxylic acids is 3. The van der Waals surface area contributed by atoms with E-state index in [0.29, 0.717) is 24.4 Å². The molecule has 4 aliphatic rings. The molecule has 0 amide bonds. The number of benzene rings is 1. The lowest BCUT2D eigenvalue weighted by Gasteiger charge is -2.41. The van der Waals surface area contributed by atoms with Crippen molar-refractivity contribution in [2.75, 3.05) is 26.4 Å². The number of Topliss-reactive ketones (excluding diaryl/α,β-unsaturated/α-hetero) is 2. The number of aliphatic hydroxyl groups excluding tert-OH is 2. The van der Waals surface area contributed by atoms with E-state index >= 15 is 0 Å². The lowest BCUT2D eigenvalue weighted by atomic mass is 9.64. The van der Waals surface area contributed by atoms with E-state index in [-0.39, 0.29) is 36.2 Å². The highest BCUT2D eigenvalue weighted by Gasteiger charge is 2.85. The van der Waals surface area contributed by atoms with Gasteiger partial charge in [-0.15, -0.1) is 0 Å². The number of fused-ring (bicyclic) bond motifs is 2. The predicted molar refractivity (Wildman–Crippen MR) is 143 cm³/mol. The molecule has 2 aliphatic carbocycles. The van der Waals surface area contributed by atoms with Crippen molar-refractivity contribution in [2.24, 2.45) is 11.1 Å². The molecule has 1 saturated heterocycles. The van der Waals surface area contributed by atoms with Crippen molar-refractivity contribution in [3.05, 3.63) is 70.1 Å². The molecule has 1 aromatic rings. The zero-order chi connectivity index (χ0) is 27.8. The Morgan fingerprint density at radius 1 is 1.08 bits per heavy atom. The number of epoxide rings is 1. The van der Waals surface area contributed by atoms with Gasteiger partial charge in [0.05, 0.1) is 19.0 Å². The van der Waals surface area contributed by atoms with Gasteiger partial charge >= 0.3 is 5.97 Å². The largest absolute Gasteiger partial charge is 0.461 e. The highest BCUT2D eigenvalue weighted by Crippen LogP contribution is 2.59. The fraction of sp³-hybridized carbons (Fsp3) is 0.500. The van der Waals surface area contributed by atoms with Crippen LogP contribution in [0.25, 0.3) is 0 Å². The van der Waals surface area contributed by atoms with Gasteiger partial charge in [-0.3, -0.25) is 9.59 Å². The molecule has 0 unspecified atom stereocenters. The van der Waals surface area contributed by atoms with Gasteiger partial charge in [-0.2, -0.15) is 0 Å². The summed E-state index contributed by atoms with van der Waals surface area (Å²) in [6.45, 7) is 1.48. The third kappa shape index (κ3) is 4.33. The quantitative estimate of drug-likeness (QED) is 0.161. The Balaban J connectivity index is 1.52. The van der Waals surface area contributed by atoms with Gasteiger partial charge in [-0.1, -0.05) is 55.2 Å². The third-order valence-corrected chi connectivity index (χ3v) is 8.79. The summed E-state index contributed by atoms with van der Waals surface area (Å²) in [6.07, 6.45) is 9.96. The van der Waals surface area contributed by atoms with E-state index in [1.807, 2.05) is 13.0 Å². The molecule has 0 spiro atoms. The minimum atomic E-state index is -2.13. The van der Waals surface area contributed by atoms with Crippen LogP contribution in [0.1, 0.15) is 72.6 Å². The van der Waals surface area contributed by atoms with E-state index in [2.05, 4.69) is 11.4 Å². The van der Waals surface area contributed by atoms with Crippen LogP contribution in [0.2, 0.25) is 0 Å². The smallest absolute Gasteiger partial charge is 0.350 e. The van der Waals surface area contributed by atoms with Gasteiger partial charge in [0, 0.05) is 24.1 Å². The lowest BCUT2D eigenvalue weighted by Crippen LogP contribution is -2.51. The molecule has 39 heavy (non-hydrogen) atoms. The molecule has 5 N–H and O–H groups in total. The molecule has 208 valence electrons. The van der Waals surface area contributed by atoms with Crippen molar-refractivity contribution < 1.29 is 34.1 Å². The maximum absolute atomic E-state index is 13.8. The summed E-state index contributed by atoms with van der Waals surface area (Å²) >= 11 is 0. The highest BCUT2D eigenvalue weighted by atomic mass is 16.7. The van der Waals surface area contributed by atoms with E-state index in [1.165, 1.54) is 11.6 Å². The summed E-state index contributed by atoms with van der Waals surface area (Å²) < 4.78 is 11.0. The summed E-state index contributed by atoms with van der Waals surface area (Å²) in [5, 5.41) is 22.8. The SMILES string of the molecule is C/C(CC1(C2=CCNC(N)=C2)CCCCC1)=C(/CO)C[C@@]12O[C@]1(C(=O)OCCO)C(=O)c1ccccc1C2=O. The van der Waals surface area contributed by atoms with Gasteiger partial charge in [-0.05, 0) is 48.8 Å². The molecule has 0 bridgehead atoms. The summed E-state index contributed by atoms with van der Waals surface area (Å²) in [5.74, 6) is -1.49. The van der Waals surface area contributed by atoms with Crippen molar-refractivity contribution in [1.29, 1.82) is 0 Å². The number of aliphatic hydroxyl groups is 2. The second-order valence-electron chi connectivity index (χ2n) is 11.1. The van der Waals surface area contributed by atoms with Crippen molar-refractivity contribution in [1.82, 2.24) is 5.32 Å². The maximum atomic E-state index is 13.8. The van der Waals surface area contributed by atoms with Crippen LogP contribution in [0.3, 0.4) is 0 Å². The Morgan fingerprint density at radius 2 is 1.77 bits per heavy atom. The number of nitrogens with one attached hydrogen (secondary N) is 1. The summed E-state index contributed by atoms with van der Waals surface area (Å²) in [6, 6.07) is 6.32. The van der Waals surface area contributed by atoms with Crippen molar-refractivity contribution >= 4 is 17.5 Å². The average Bonchev–Trinajstić information content (AvgIpc) is 3.65. The van der Waals surface area contributed by atoms with E-state index in [0.717, 1.165) is 37.7 Å². The monoisotopic (exact) mass is 536 g/mol. The van der Waals surface area contributed by atoms with Gasteiger partial charge in [-0.25, -0.2) is 4.79 Å². The van der Waals surface area contributed by atoms with Crippen LogP contribution in [-0.2, 0) is 14.3 Å². The summed E-state index contributed by atoms with van der Waals surface area (Å²) in [4.78, 5) is 40.7. The number of hydrogen-bond acceptors (Lipinski definition) is 9. The standard InChI is InChI=1S/C30H36N2O7/c1-19(16-28(10-5-2-6-11-28)21-9-12-32-24(31)15-21)20(18-34)17-29-25(35)22-7-3-4-8-23(22)26(36)30(29,39-29)27(37)38-14-13-33/h3-4,7-9,15,32-34H,2,5-6,10-14,16-18,31H2,1H3/b20-19-/t29-,30-/m0/s1. The van der Waals surface area contributed by atoms with Gasteiger partial charge < -0.3 is 30.7 Å². The lowest BCUT2D eigenvalue weighted by molar-refractivity contribution is -0.149. The van der Waals surface area contributed by atoms with E-state index in [1.54, 1.807) is 18.2 Å². The molecule has 0 radical (unpaired) electrons. The minimum Gasteiger partial charge on any atom is -0.461 e. The molecule has 1 aromatic carbocycles. The van der Waals surface area contributed by atoms with Crippen LogP contribution in [0.5, 0.6) is 0 Å². The molecule has 5 rings (SSSR count). The van der Waals surface area contributed by atoms with Crippen LogP contribution < -0.4 is 11.1 Å². The van der Waals surface area contributed by atoms with Crippen molar-refractivity contribution in [3.63, 3.8) is 0 Å². The summed E-state index contributed by atoms with van der Waals surface area (Å²) in [7, 11) is 0. The van der Waals surface area contributed by atoms with Crippen LogP contribution in [0.15, 0.2) is 59.0 Å². The first-order valence-corrected chi connectivity index (χ1v) is 13.6. The molecule has 2 heterocycles. The Morgan fingerprint density at radius 3 is 2.41 bits per heavy atom. The highest BCUT2D eigenvalue weighted by molar-refractivity contribution is 6.32. The average molecular weight is 537 g/mol. The first kappa shape index (κ1) is 27.3. The van der Waals surface area contributed by atoms with Crippen LogP contribution in [-0.4, -0.2) is 65.3 Å². The third-order valence-electron chi connectivity index (χ3n) is 8.79. The van der Waals surface area contributed by atoms with E-state index in [9.17, 15) is 24.6 Å². The fourth-order valence-corrected chi connectivity index (χ4v) is 6.73. The van der Waals surface area contributed by atoms with Gasteiger partial charge in [0.25, 0.3) is 5.60 Å². The second-order valence-corrected chi connectivity index (χ2v) is 11.1. The number of rotatable bonds is 9. The predicted octanol–water partition coefficient (Wildman–Crippen LogP) is 2.48. The van der Waals surface area contributed by atoms with E-state index < -0.39 is 35.3 Å². The molecule has 2 atom stereocenters. The van der Waals surface area contributed by atoms with Crippen LogP contribution >= 0.6 is 0 Å². The zero-order valence-corrected chi connectivity index (χ0v) is 22.3. The molecular formula is C30H36N2O7.